The summed E-state index contributed by atoms with van der Waals surface area (Å²) in [6, 6.07) is 3.68. The first-order chi connectivity index (χ1) is 23.8. The van der Waals surface area contributed by atoms with Crippen LogP contribution in [0.3, 0.4) is 0 Å². The van der Waals surface area contributed by atoms with E-state index in [0.29, 0.717) is 48.2 Å². The normalized spacial score (nSPS) is 18.7. The second-order valence-electron chi connectivity index (χ2n) is 15.4. The van der Waals surface area contributed by atoms with Crippen molar-refractivity contribution >= 4 is 35.1 Å². The zero-order chi connectivity index (χ0) is 37.0. The van der Waals surface area contributed by atoms with Crippen molar-refractivity contribution in [2.75, 3.05) is 29.9 Å². The van der Waals surface area contributed by atoms with Gasteiger partial charge in [0.2, 0.25) is 0 Å². The molecule has 0 aromatic carbocycles. The van der Waals surface area contributed by atoms with Crippen LogP contribution in [0, 0.1) is 12.8 Å². The van der Waals surface area contributed by atoms with Crippen molar-refractivity contribution in [1.82, 2.24) is 28.9 Å². The number of β-amino-alcohol motifs (C(OH)–C–C–N with tert-alkyl or cyclic N) is 1. The fraction of sp³-hybridized carbons (Fsp3) is 0.571. The minimum Gasteiger partial charge on any atom is -0.444 e. The highest BCUT2D eigenvalue weighted by Gasteiger charge is 2.35. The summed E-state index contributed by atoms with van der Waals surface area (Å²) in [5.74, 6) is 0.809. The Kier molecular flexibility index (Phi) is 9.36. The number of carbonyl (C=O) groups is 2. The van der Waals surface area contributed by atoms with Gasteiger partial charge in [-0.25, -0.2) is 19.6 Å². The molecule has 2 N–H and O–H groups in total. The summed E-state index contributed by atoms with van der Waals surface area (Å²) in [4.78, 5) is 38.7. The first-order valence-electron chi connectivity index (χ1n) is 17.1. The van der Waals surface area contributed by atoms with Gasteiger partial charge in [-0.3, -0.25) is 4.90 Å². The molecule has 51 heavy (non-hydrogen) atoms. The molecule has 1 aliphatic carbocycles. The molecule has 0 bridgehead atoms. The number of ether oxygens (including phenoxy) is 2. The predicted octanol–water partition coefficient (Wildman–Crippen LogP) is 6.55. The Morgan fingerprint density at radius 2 is 1.73 bits per heavy atom. The SMILES string of the molecule is Cc1cc(C(F)(F)F)cc2nc(CN(C(=O)OC(C)(C)C)c3cc(NC[C@H]4CCN(C(=O)OC(C)(C)C)C[C@@H]4O)nc4c(C5CC5)cnn34)cn12. The number of pyridine rings is 1. The average Bonchev–Trinajstić information content (AvgIpc) is 3.61. The van der Waals surface area contributed by atoms with Crippen LogP contribution in [0.25, 0.3) is 11.3 Å². The number of halogens is 3. The molecule has 6 rings (SSSR count). The van der Waals surface area contributed by atoms with Crippen LogP contribution >= 0.6 is 0 Å². The maximum atomic E-state index is 13.9. The number of imidazole rings is 1. The van der Waals surface area contributed by atoms with Gasteiger partial charge in [0.05, 0.1) is 36.6 Å². The molecule has 2 atom stereocenters. The number of rotatable bonds is 7. The van der Waals surface area contributed by atoms with Crippen molar-refractivity contribution in [3.8, 4) is 0 Å². The van der Waals surface area contributed by atoms with Crippen molar-refractivity contribution < 1.29 is 37.3 Å². The lowest BCUT2D eigenvalue weighted by Crippen LogP contribution is -2.49. The number of hydrogen-bond acceptors (Lipinski definition) is 9. The number of nitrogens with zero attached hydrogens (tertiary/aromatic N) is 7. The molecular weight excluding hydrogens is 669 g/mol. The molecule has 4 aromatic rings. The first-order valence-corrected chi connectivity index (χ1v) is 17.1. The fourth-order valence-corrected chi connectivity index (χ4v) is 6.14. The molecule has 2 fully saturated rings. The van der Waals surface area contributed by atoms with E-state index in [1.165, 1.54) is 9.80 Å². The molecule has 0 unspecified atom stereocenters. The summed E-state index contributed by atoms with van der Waals surface area (Å²) in [5, 5.41) is 18.9. The quantitative estimate of drug-likeness (QED) is 0.218. The van der Waals surface area contributed by atoms with E-state index in [2.05, 4.69) is 15.4 Å². The van der Waals surface area contributed by atoms with E-state index in [1.54, 1.807) is 75.8 Å². The Labute approximate surface area is 293 Å². The van der Waals surface area contributed by atoms with Crippen LogP contribution in [0.1, 0.15) is 89.2 Å². The predicted molar refractivity (Wildman–Crippen MR) is 183 cm³/mol. The average molecular weight is 715 g/mol. The zero-order valence-electron chi connectivity index (χ0n) is 29.9. The van der Waals surface area contributed by atoms with E-state index in [9.17, 15) is 27.9 Å². The molecule has 276 valence electrons. The molecule has 1 saturated heterocycles. The van der Waals surface area contributed by atoms with E-state index in [-0.39, 0.29) is 30.6 Å². The van der Waals surface area contributed by atoms with Crippen LogP contribution in [0.15, 0.2) is 30.6 Å². The third kappa shape index (κ3) is 8.32. The smallest absolute Gasteiger partial charge is 0.416 e. The minimum absolute atomic E-state index is 0.0927. The van der Waals surface area contributed by atoms with Gasteiger partial charge in [-0.05, 0) is 85.8 Å². The molecule has 0 spiro atoms. The molecule has 13 nitrogen and oxygen atoms in total. The Hall–Kier alpha value is -4.60. The van der Waals surface area contributed by atoms with Crippen LogP contribution in [0.4, 0.5) is 34.4 Å². The maximum absolute atomic E-state index is 13.9. The largest absolute Gasteiger partial charge is 0.444 e. The van der Waals surface area contributed by atoms with Crippen molar-refractivity contribution in [3.63, 3.8) is 0 Å². The number of carbonyl (C=O) groups excluding carboxylic acids is 2. The zero-order valence-corrected chi connectivity index (χ0v) is 29.9. The fourth-order valence-electron chi connectivity index (χ4n) is 6.14. The highest BCUT2D eigenvalue weighted by atomic mass is 19.4. The van der Waals surface area contributed by atoms with E-state index >= 15 is 0 Å². The number of nitrogens with one attached hydrogen (secondary N) is 1. The number of aliphatic hydroxyl groups excluding tert-OH is 1. The van der Waals surface area contributed by atoms with Crippen molar-refractivity contribution in [2.45, 2.75) is 104 Å². The van der Waals surface area contributed by atoms with E-state index in [1.807, 2.05) is 0 Å². The Morgan fingerprint density at radius 3 is 2.35 bits per heavy atom. The molecule has 1 saturated carbocycles. The molecule has 5 heterocycles. The maximum Gasteiger partial charge on any atom is 0.416 e. The lowest BCUT2D eigenvalue weighted by atomic mass is 9.94. The number of likely N-dealkylation sites (tertiary alicyclic amines) is 1. The van der Waals surface area contributed by atoms with Crippen molar-refractivity contribution in [1.29, 1.82) is 0 Å². The second kappa shape index (κ2) is 13.2. The van der Waals surface area contributed by atoms with Gasteiger partial charge in [0.1, 0.15) is 28.5 Å². The monoisotopic (exact) mass is 714 g/mol. The number of aromatic nitrogens is 5. The van der Waals surface area contributed by atoms with Gasteiger partial charge in [0.15, 0.2) is 5.65 Å². The van der Waals surface area contributed by atoms with Gasteiger partial charge in [-0.1, -0.05) is 0 Å². The minimum atomic E-state index is -4.54. The molecule has 0 radical (unpaired) electrons. The Bertz CT molecular complexity index is 1940. The van der Waals surface area contributed by atoms with E-state index in [0.717, 1.165) is 30.5 Å². The molecular formula is C35H45F3N8O5. The lowest BCUT2D eigenvalue weighted by molar-refractivity contribution is -0.137. The Balaban J connectivity index is 1.32. The lowest BCUT2D eigenvalue weighted by Gasteiger charge is -2.36. The van der Waals surface area contributed by atoms with Crippen LogP contribution in [-0.2, 0) is 22.2 Å². The van der Waals surface area contributed by atoms with E-state index < -0.39 is 41.2 Å². The molecule has 4 aromatic heterocycles. The summed E-state index contributed by atoms with van der Waals surface area (Å²) in [6.07, 6.45) is -0.709. The molecule has 16 heteroatoms. The number of fused-ring (bicyclic) bond motifs is 2. The number of piperidine rings is 1. The number of anilines is 2. The summed E-state index contributed by atoms with van der Waals surface area (Å²) < 4.78 is 55.2. The second-order valence-corrected chi connectivity index (χ2v) is 15.4. The highest BCUT2D eigenvalue weighted by molar-refractivity contribution is 5.88. The van der Waals surface area contributed by atoms with Gasteiger partial charge < -0.3 is 29.2 Å². The molecule has 2 amide bonds. The summed E-state index contributed by atoms with van der Waals surface area (Å²) in [7, 11) is 0. The summed E-state index contributed by atoms with van der Waals surface area (Å²) >= 11 is 0. The third-order valence-electron chi connectivity index (χ3n) is 8.77. The van der Waals surface area contributed by atoms with Gasteiger partial charge in [0, 0.05) is 42.5 Å². The number of alkyl halides is 3. The summed E-state index contributed by atoms with van der Waals surface area (Å²) in [6.45, 7) is 12.9. The van der Waals surface area contributed by atoms with Crippen molar-refractivity contribution in [2.24, 2.45) is 5.92 Å². The van der Waals surface area contributed by atoms with Crippen molar-refractivity contribution in [3.05, 3.63) is 53.1 Å². The van der Waals surface area contributed by atoms with Gasteiger partial charge in [-0.15, -0.1) is 0 Å². The summed E-state index contributed by atoms with van der Waals surface area (Å²) in [5.41, 5.74) is -0.0982. The molecule has 2 aliphatic rings. The molecule has 1 aliphatic heterocycles. The van der Waals surface area contributed by atoms with Gasteiger partial charge in [0.25, 0.3) is 0 Å². The number of aryl methyl sites for hydroxylation is 1. The van der Waals surface area contributed by atoms with E-state index in [4.69, 9.17) is 14.5 Å². The standard InChI is InChI=1S/C35H45F3N8O5/c1-20-12-23(35(36,37)38)13-28-41-24(17-44(20)28)18-45(32(49)51-34(5,6)7)29-14-27(42-30-25(21-8-9-21)16-40-46(29)30)39-15-22-10-11-43(19-26(22)47)31(48)50-33(2,3)4/h12-14,16-17,21-22,26,47H,8-11,15,18-19H2,1-7H3,(H,39,42)/t22-,26+/m1/s1. The third-order valence-corrected chi connectivity index (χ3v) is 8.77. The number of amides is 2. The van der Waals surface area contributed by atoms with Crippen LogP contribution < -0.4 is 10.2 Å². The highest BCUT2D eigenvalue weighted by Crippen LogP contribution is 2.42. The topological polar surface area (TPSA) is 139 Å². The van der Waals surface area contributed by atoms with Crippen LogP contribution in [0.2, 0.25) is 0 Å². The number of aliphatic hydroxyl groups is 1. The van der Waals surface area contributed by atoms with Crippen LogP contribution in [0.5, 0.6) is 0 Å². The van der Waals surface area contributed by atoms with Gasteiger partial charge >= 0.3 is 18.4 Å². The van der Waals surface area contributed by atoms with Gasteiger partial charge in [-0.2, -0.15) is 22.8 Å². The number of hydrogen-bond donors (Lipinski definition) is 2. The van der Waals surface area contributed by atoms with Crippen LogP contribution in [-0.4, -0.2) is 83.1 Å². The Morgan fingerprint density at radius 1 is 1.02 bits per heavy atom. The first kappa shape index (κ1) is 36.2.